The highest BCUT2D eigenvalue weighted by Crippen LogP contribution is 2.57. The molecule has 0 N–H and O–H groups in total. The maximum absolute atomic E-state index is 5.51. The molecule has 0 aliphatic heterocycles. The quantitative estimate of drug-likeness (QED) is 0.755. The molecule has 0 spiro atoms. The normalized spacial score (nSPS) is 38.7. The first kappa shape index (κ1) is 9.95. The molecule has 1 aromatic heterocycles. The third-order valence-electron chi connectivity index (χ3n) is 4.47. The molecule has 3 unspecified atom stereocenters. The number of hydrogen-bond acceptors (Lipinski definition) is 1. The molecule has 2 bridgehead atoms. The fraction of sp³-hybridized carbons (Fsp3) is 0.692. The summed E-state index contributed by atoms with van der Waals surface area (Å²) in [5.74, 6) is 3.11. The van der Waals surface area contributed by atoms with Crippen molar-refractivity contribution in [1.82, 2.24) is 0 Å². The van der Waals surface area contributed by atoms with Crippen molar-refractivity contribution in [2.75, 3.05) is 5.33 Å². The highest BCUT2D eigenvalue weighted by Gasteiger charge is 2.50. The number of fused-ring (bicyclic) bond motifs is 2. The topological polar surface area (TPSA) is 13.1 Å². The van der Waals surface area contributed by atoms with Crippen molar-refractivity contribution in [2.45, 2.75) is 32.1 Å². The van der Waals surface area contributed by atoms with Gasteiger partial charge in [-0.25, -0.2) is 0 Å². The third-order valence-corrected chi connectivity index (χ3v) is 5.59. The SMILES string of the molecule is BrCC1(Cc2ccco2)CC2CCC1C2. The van der Waals surface area contributed by atoms with Gasteiger partial charge in [-0.15, -0.1) is 0 Å². The Labute approximate surface area is 99.4 Å². The molecule has 2 aliphatic carbocycles. The van der Waals surface area contributed by atoms with Crippen molar-refractivity contribution in [2.24, 2.45) is 17.3 Å². The lowest BCUT2D eigenvalue weighted by Gasteiger charge is -2.35. The number of rotatable bonds is 3. The number of alkyl halides is 1. The number of halogens is 1. The first-order chi connectivity index (χ1) is 7.32. The van der Waals surface area contributed by atoms with Crippen LogP contribution in [-0.2, 0) is 6.42 Å². The van der Waals surface area contributed by atoms with Crippen LogP contribution in [0.2, 0.25) is 0 Å². The van der Waals surface area contributed by atoms with Gasteiger partial charge in [0, 0.05) is 11.8 Å². The van der Waals surface area contributed by atoms with Crippen molar-refractivity contribution in [3.8, 4) is 0 Å². The van der Waals surface area contributed by atoms with Crippen molar-refractivity contribution in [3.63, 3.8) is 0 Å². The molecule has 82 valence electrons. The van der Waals surface area contributed by atoms with Crippen LogP contribution in [0.15, 0.2) is 22.8 Å². The predicted octanol–water partition coefficient (Wildman–Crippen LogP) is 4.02. The Hall–Kier alpha value is -0.240. The van der Waals surface area contributed by atoms with Gasteiger partial charge in [0.05, 0.1) is 6.26 Å². The molecule has 0 radical (unpaired) electrons. The van der Waals surface area contributed by atoms with E-state index in [0.29, 0.717) is 5.41 Å². The van der Waals surface area contributed by atoms with Crippen LogP contribution in [0.5, 0.6) is 0 Å². The molecule has 0 amide bonds. The lowest BCUT2D eigenvalue weighted by molar-refractivity contribution is 0.185. The van der Waals surface area contributed by atoms with E-state index in [2.05, 4.69) is 22.0 Å². The molecular formula is C13H17BrO. The van der Waals surface area contributed by atoms with Gasteiger partial charge in [-0.2, -0.15) is 0 Å². The molecule has 2 saturated carbocycles. The third kappa shape index (κ3) is 1.57. The van der Waals surface area contributed by atoms with E-state index in [9.17, 15) is 0 Å². The van der Waals surface area contributed by atoms with Gasteiger partial charge in [-0.05, 0) is 48.6 Å². The second-order valence-corrected chi connectivity index (χ2v) is 5.89. The van der Waals surface area contributed by atoms with E-state index < -0.39 is 0 Å². The van der Waals surface area contributed by atoms with E-state index in [1.807, 2.05) is 6.07 Å². The Morgan fingerprint density at radius 2 is 2.40 bits per heavy atom. The minimum Gasteiger partial charge on any atom is -0.469 e. The molecule has 0 aromatic carbocycles. The highest BCUT2D eigenvalue weighted by molar-refractivity contribution is 9.09. The fourth-order valence-electron chi connectivity index (χ4n) is 3.75. The summed E-state index contributed by atoms with van der Waals surface area (Å²) in [6, 6.07) is 4.13. The zero-order chi connectivity index (χ0) is 10.3. The highest BCUT2D eigenvalue weighted by atomic mass is 79.9. The van der Waals surface area contributed by atoms with Gasteiger partial charge < -0.3 is 4.42 Å². The van der Waals surface area contributed by atoms with E-state index in [1.54, 1.807) is 6.26 Å². The summed E-state index contributed by atoms with van der Waals surface area (Å²) in [6.07, 6.45) is 8.71. The molecule has 2 fully saturated rings. The summed E-state index contributed by atoms with van der Waals surface area (Å²) in [5.41, 5.74) is 0.501. The zero-order valence-electron chi connectivity index (χ0n) is 8.92. The summed E-state index contributed by atoms with van der Waals surface area (Å²) in [6.45, 7) is 0. The van der Waals surface area contributed by atoms with E-state index in [1.165, 1.54) is 31.4 Å². The van der Waals surface area contributed by atoms with Crippen LogP contribution in [-0.4, -0.2) is 5.33 Å². The summed E-state index contributed by atoms with van der Waals surface area (Å²) >= 11 is 3.74. The Morgan fingerprint density at radius 3 is 2.93 bits per heavy atom. The van der Waals surface area contributed by atoms with Crippen LogP contribution in [0.4, 0.5) is 0 Å². The minimum absolute atomic E-state index is 0.501. The minimum atomic E-state index is 0.501. The van der Waals surface area contributed by atoms with Crippen molar-refractivity contribution < 1.29 is 4.42 Å². The number of furan rings is 1. The largest absolute Gasteiger partial charge is 0.469 e. The summed E-state index contributed by atoms with van der Waals surface area (Å²) in [7, 11) is 0. The molecule has 2 aliphatic rings. The summed E-state index contributed by atoms with van der Waals surface area (Å²) in [5, 5.41) is 1.14. The van der Waals surface area contributed by atoms with Gasteiger partial charge in [0.2, 0.25) is 0 Å². The van der Waals surface area contributed by atoms with E-state index in [4.69, 9.17) is 4.42 Å². The second kappa shape index (κ2) is 3.65. The van der Waals surface area contributed by atoms with E-state index in [0.717, 1.165) is 23.6 Å². The molecule has 1 aromatic rings. The van der Waals surface area contributed by atoms with Gasteiger partial charge in [-0.3, -0.25) is 0 Å². The van der Waals surface area contributed by atoms with Crippen LogP contribution in [0, 0.1) is 17.3 Å². The smallest absolute Gasteiger partial charge is 0.104 e. The van der Waals surface area contributed by atoms with Crippen molar-refractivity contribution in [1.29, 1.82) is 0 Å². The standard InChI is InChI=1S/C13H17BrO/c14-9-13(8-12-2-1-5-15-12)7-10-3-4-11(13)6-10/h1-2,5,10-11H,3-4,6-9H2. The lowest BCUT2D eigenvalue weighted by Crippen LogP contribution is -2.31. The molecule has 0 saturated heterocycles. The van der Waals surface area contributed by atoms with Crippen molar-refractivity contribution >= 4 is 15.9 Å². The molecule has 1 nitrogen and oxygen atoms in total. The Morgan fingerprint density at radius 1 is 1.47 bits per heavy atom. The van der Waals surface area contributed by atoms with Gasteiger partial charge in [-0.1, -0.05) is 22.4 Å². The maximum Gasteiger partial charge on any atom is 0.104 e. The first-order valence-corrected chi connectivity index (χ1v) is 7.03. The molecular weight excluding hydrogens is 252 g/mol. The molecule has 3 rings (SSSR count). The van der Waals surface area contributed by atoms with Crippen LogP contribution >= 0.6 is 15.9 Å². The van der Waals surface area contributed by atoms with Gasteiger partial charge in [0.15, 0.2) is 0 Å². The molecule has 3 atom stereocenters. The van der Waals surface area contributed by atoms with Crippen LogP contribution in [0.3, 0.4) is 0 Å². The van der Waals surface area contributed by atoms with Crippen LogP contribution in [0.25, 0.3) is 0 Å². The van der Waals surface area contributed by atoms with Crippen LogP contribution < -0.4 is 0 Å². The van der Waals surface area contributed by atoms with Crippen LogP contribution in [0.1, 0.15) is 31.4 Å². The van der Waals surface area contributed by atoms with Crippen molar-refractivity contribution in [3.05, 3.63) is 24.2 Å². The van der Waals surface area contributed by atoms with Gasteiger partial charge in [0.1, 0.15) is 5.76 Å². The summed E-state index contributed by atoms with van der Waals surface area (Å²) < 4.78 is 5.51. The zero-order valence-corrected chi connectivity index (χ0v) is 10.5. The molecule has 1 heterocycles. The Balaban J connectivity index is 1.82. The Bertz CT molecular complexity index is 332. The maximum atomic E-state index is 5.51. The summed E-state index contributed by atoms with van der Waals surface area (Å²) in [4.78, 5) is 0. The lowest BCUT2D eigenvalue weighted by atomic mass is 9.72. The predicted molar refractivity (Wildman–Crippen MR) is 64.1 cm³/mol. The fourth-order valence-corrected chi connectivity index (χ4v) is 4.63. The molecule has 15 heavy (non-hydrogen) atoms. The van der Waals surface area contributed by atoms with E-state index >= 15 is 0 Å². The second-order valence-electron chi connectivity index (χ2n) is 5.33. The Kier molecular flexibility index (Phi) is 2.42. The van der Waals surface area contributed by atoms with E-state index in [-0.39, 0.29) is 0 Å². The monoisotopic (exact) mass is 268 g/mol. The van der Waals surface area contributed by atoms with Gasteiger partial charge >= 0.3 is 0 Å². The molecule has 2 heteroatoms. The first-order valence-electron chi connectivity index (χ1n) is 5.91. The average molecular weight is 269 g/mol. The van der Waals surface area contributed by atoms with Gasteiger partial charge in [0.25, 0.3) is 0 Å². The number of hydrogen-bond donors (Lipinski definition) is 0. The average Bonchev–Trinajstić information content (AvgIpc) is 2.93.